The summed E-state index contributed by atoms with van der Waals surface area (Å²) >= 11 is 1.98. The van der Waals surface area contributed by atoms with Gasteiger partial charge < -0.3 is 5.32 Å². The molecule has 0 aromatic heterocycles. The van der Waals surface area contributed by atoms with Crippen LogP contribution in [0.25, 0.3) is 0 Å². The van der Waals surface area contributed by atoms with Crippen LogP contribution in [-0.4, -0.2) is 17.5 Å². The summed E-state index contributed by atoms with van der Waals surface area (Å²) in [7, 11) is 0. The van der Waals surface area contributed by atoms with E-state index in [-0.39, 0.29) is 0 Å². The minimum Gasteiger partial charge on any atom is -0.384 e. The molecule has 1 saturated carbocycles. The van der Waals surface area contributed by atoms with Crippen LogP contribution in [0.15, 0.2) is 18.2 Å². The first kappa shape index (κ1) is 12.3. The lowest BCUT2D eigenvalue weighted by molar-refractivity contribution is 0.380. The number of nitrogens with zero attached hydrogens (tertiary/aromatic N) is 1. The van der Waals surface area contributed by atoms with Crippen molar-refractivity contribution in [3.05, 3.63) is 29.3 Å². The van der Waals surface area contributed by atoms with Gasteiger partial charge >= 0.3 is 0 Å². The summed E-state index contributed by atoms with van der Waals surface area (Å²) in [6.07, 6.45) is 6.19. The van der Waals surface area contributed by atoms with Gasteiger partial charge in [0.2, 0.25) is 0 Å². The number of thioether (sulfide) groups is 1. The normalized spacial score (nSPS) is 17.0. The molecule has 0 unspecified atom stereocenters. The molecule has 3 heteroatoms. The quantitative estimate of drug-likeness (QED) is 0.882. The van der Waals surface area contributed by atoms with E-state index in [9.17, 15) is 0 Å². The van der Waals surface area contributed by atoms with Crippen LogP contribution in [0.5, 0.6) is 0 Å². The van der Waals surface area contributed by atoms with E-state index in [0.717, 1.165) is 23.4 Å². The Labute approximate surface area is 107 Å². The van der Waals surface area contributed by atoms with Crippen LogP contribution >= 0.6 is 11.8 Å². The Kier molecular flexibility index (Phi) is 3.63. The summed E-state index contributed by atoms with van der Waals surface area (Å²) in [5.41, 5.74) is 2.94. The molecule has 1 aromatic carbocycles. The average molecular weight is 246 g/mol. The first-order valence-electron chi connectivity index (χ1n) is 5.99. The molecule has 0 radical (unpaired) electrons. The van der Waals surface area contributed by atoms with Crippen LogP contribution in [0.2, 0.25) is 0 Å². The van der Waals surface area contributed by atoms with E-state index in [1.807, 2.05) is 30.8 Å². The van der Waals surface area contributed by atoms with Crippen LogP contribution < -0.4 is 5.32 Å². The summed E-state index contributed by atoms with van der Waals surface area (Å²) in [4.78, 5) is 0. The van der Waals surface area contributed by atoms with Crippen molar-refractivity contribution in [1.29, 1.82) is 5.26 Å². The van der Waals surface area contributed by atoms with Crippen molar-refractivity contribution in [2.24, 2.45) is 0 Å². The molecule has 1 N–H and O–H groups in total. The van der Waals surface area contributed by atoms with Crippen LogP contribution in [0.1, 0.15) is 30.4 Å². The highest BCUT2D eigenvalue weighted by Crippen LogP contribution is 2.42. The zero-order valence-electron chi connectivity index (χ0n) is 10.4. The Morgan fingerprint density at radius 2 is 2.24 bits per heavy atom. The summed E-state index contributed by atoms with van der Waals surface area (Å²) in [6.45, 7) is 3.01. The Bertz CT molecular complexity index is 439. The lowest BCUT2D eigenvalue weighted by Crippen LogP contribution is -2.40. The fraction of sp³-hybridized carbons (Fsp3) is 0.500. The Balaban J connectivity index is 2.00. The van der Waals surface area contributed by atoms with E-state index in [4.69, 9.17) is 5.26 Å². The molecule has 1 fully saturated rings. The molecule has 0 aliphatic heterocycles. The number of hydrogen-bond acceptors (Lipinski definition) is 3. The zero-order valence-corrected chi connectivity index (χ0v) is 11.2. The van der Waals surface area contributed by atoms with Crippen molar-refractivity contribution in [3.8, 4) is 6.07 Å². The monoisotopic (exact) mass is 246 g/mol. The molecule has 0 spiro atoms. The third-order valence-corrected chi connectivity index (χ3v) is 5.08. The van der Waals surface area contributed by atoms with Gasteiger partial charge in [0, 0.05) is 17.0 Å². The first-order chi connectivity index (χ1) is 8.19. The van der Waals surface area contributed by atoms with Crippen LogP contribution in [0.4, 0.5) is 5.69 Å². The molecule has 2 rings (SSSR count). The topological polar surface area (TPSA) is 35.8 Å². The fourth-order valence-electron chi connectivity index (χ4n) is 2.19. The van der Waals surface area contributed by atoms with Crippen molar-refractivity contribution in [1.82, 2.24) is 0 Å². The SMILES string of the molecule is CSC1(CNc2ccc(C#N)c(C)c2)CCC1. The van der Waals surface area contributed by atoms with E-state index in [2.05, 4.69) is 23.7 Å². The smallest absolute Gasteiger partial charge is 0.0994 e. The molecule has 0 heterocycles. The molecular weight excluding hydrogens is 228 g/mol. The molecular formula is C14H18N2S. The summed E-state index contributed by atoms with van der Waals surface area (Å²) in [5.74, 6) is 0. The van der Waals surface area contributed by atoms with Gasteiger partial charge in [-0.15, -0.1) is 0 Å². The van der Waals surface area contributed by atoms with Crippen molar-refractivity contribution in [3.63, 3.8) is 0 Å². The first-order valence-corrected chi connectivity index (χ1v) is 7.21. The summed E-state index contributed by atoms with van der Waals surface area (Å²) in [5, 5.41) is 12.4. The van der Waals surface area contributed by atoms with Gasteiger partial charge in [0.1, 0.15) is 0 Å². The average Bonchev–Trinajstić information content (AvgIpc) is 2.28. The van der Waals surface area contributed by atoms with Gasteiger partial charge in [-0.05, 0) is 49.8 Å². The third-order valence-electron chi connectivity index (χ3n) is 3.66. The second-order valence-corrected chi connectivity index (χ2v) is 6.01. The Morgan fingerprint density at radius 1 is 1.47 bits per heavy atom. The summed E-state index contributed by atoms with van der Waals surface area (Å²) < 4.78 is 0.446. The van der Waals surface area contributed by atoms with Gasteiger partial charge in [-0.3, -0.25) is 0 Å². The van der Waals surface area contributed by atoms with Crippen molar-refractivity contribution < 1.29 is 0 Å². The maximum absolute atomic E-state index is 8.88. The van der Waals surface area contributed by atoms with Crippen LogP contribution in [-0.2, 0) is 0 Å². The number of nitriles is 1. The zero-order chi connectivity index (χ0) is 12.3. The number of anilines is 1. The second-order valence-electron chi connectivity index (χ2n) is 4.74. The lowest BCUT2D eigenvalue weighted by atomic mass is 9.84. The van der Waals surface area contributed by atoms with E-state index < -0.39 is 0 Å². The molecule has 1 aliphatic rings. The molecule has 0 atom stereocenters. The van der Waals surface area contributed by atoms with E-state index in [0.29, 0.717) is 4.75 Å². The largest absolute Gasteiger partial charge is 0.384 e. The highest BCUT2D eigenvalue weighted by atomic mass is 32.2. The van der Waals surface area contributed by atoms with Crippen molar-refractivity contribution in [2.45, 2.75) is 30.9 Å². The highest BCUT2D eigenvalue weighted by molar-refractivity contribution is 8.00. The van der Waals surface area contributed by atoms with Crippen molar-refractivity contribution in [2.75, 3.05) is 18.1 Å². The van der Waals surface area contributed by atoms with Gasteiger partial charge in [-0.1, -0.05) is 6.42 Å². The maximum atomic E-state index is 8.88. The highest BCUT2D eigenvalue weighted by Gasteiger charge is 2.35. The number of hydrogen-bond donors (Lipinski definition) is 1. The van der Waals surface area contributed by atoms with E-state index in [1.54, 1.807) is 0 Å². The minimum absolute atomic E-state index is 0.446. The number of benzene rings is 1. The van der Waals surface area contributed by atoms with Gasteiger partial charge in [-0.25, -0.2) is 0 Å². The standard InChI is InChI=1S/C14H18N2S/c1-11-8-13(5-4-12(11)9-15)16-10-14(17-2)6-3-7-14/h4-5,8,16H,3,6-7,10H2,1-2H3. The lowest BCUT2D eigenvalue weighted by Gasteiger charge is -2.40. The second kappa shape index (κ2) is 5.01. The number of rotatable bonds is 4. The van der Waals surface area contributed by atoms with Crippen molar-refractivity contribution >= 4 is 17.4 Å². The predicted molar refractivity (Wildman–Crippen MR) is 74.5 cm³/mol. The minimum atomic E-state index is 0.446. The molecule has 0 amide bonds. The molecule has 2 nitrogen and oxygen atoms in total. The maximum Gasteiger partial charge on any atom is 0.0994 e. The molecule has 90 valence electrons. The third kappa shape index (κ3) is 2.58. The molecule has 0 bridgehead atoms. The summed E-state index contributed by atoms with van der Waals surface area (Å²) in [6, 6.07) is 8.15. The fourth-order valence-corrected chi connectivity index (χ4v) is 3.10. The Morgan fingerprint density at radius 3 is 2.71 bits per heavy atom. The molecule has 17 heavy (non-hydrogen) atoms. The van der Waals surface area contributed by atoms with E-state index in [1.165, 1.54) is 19.3 Å². The Hall–Kier alpha value is -1.14. The van der Waals surface area contributed by atoms with Gasteiger partial charge in [0.15, 0.2) is 0 Å². The van der Waals surface area contributed by atoms with E-state index >= 15 is 0 Å². The molecule has 1 aliphatic carbocycles. The molecule has 1 aromatic rings. The molecule has 0 saturated heterocycles. The van der Waals surface area contributed by atoms with Gasteiger partial charge in [0.05, 0.1) is 11.6 Å². The number of nitrogens with one attached hydrogen (secondary N) is 1. The van der Waals surface area contributed by atoms with Crippen LogP contribution in [0.3, 0.4) is 0 Å². The van der Waals surface area contributed by atoms with Crippen LogP contribution in [0, 0.1) is 18.3 Å². The predicted octanol–water partition coefficient (Wildman–Crippen LogP) is 3.56. The number of aryl methyl sites for hydroxylation is 1. The van der Waals surface area contributed by atoms with Gasteiger partial charge in [0.25, 0.3) is 0 Å². The van der Waals surface area contributed by atoms with Gasteiger partial charge in [-0.2, -0.15) is 17.0 Å².